The lowest BCUT2D eigenvalue weighted by molar-refractivity contribution is 0.414. The maximum Gasteiger partial charge on any atom is 0.251 e. The van der Waals surface area contributed by atoms with Crippen molar-refractivity contribution in [3.05, 3.63) is 65.6 Å². The normalized spacial score (nSPS) is 12.9. The fourth-order valence-corrected chi connectivity index (χ4v) is 4.54. The van der Waals surface area contributed by atoms with Gasteiger partial charge in [0.05, 0.1) is 7.11 Å². The number of nitrogens with one attached hydrogen (secondary N) is 1. The minimum Gasteiger partial charge on any atom is -0.497 e. The number of methoxy groups -OCH3 is 1. The predicted molar refractivity (Wildman–Crippen MR) is 92.7 cm³/mol. The van der Waals surface area contributed by atoms with Crippen molar-refractivity contribution in [2.24, 2.45) is 7.05 Å². The van der Waals surface area contributed by atoms with Crippen LogP contribution in [0.25, 0.3) is 0 Å². The van der Waals surface area contributed by atoms with Crippen molar-refractivity contribution < 1.29 is 13.2 Å². The number of sulfonamides is 1. The van der Waals surface area contributed by atoms with Crippen LogP contribution in [0.2, 0.25) is 0 Å². The number of hydrogen-bond acceptors (Lipinski definition) is 5. The van der Waals surface area contributed by atoms with Gasteiger partial charge in [0.2, 0.25) is 0 Å². The van der Waals surface area contributed by atoms with Crippen LogP contribution in [0.1, 0.15) is 17.4 Å². The highest BCUT2D eigenvalue weighted by Crippen LogP contribution is 2.26. The van der Waals surface area contributed by atoms with Crippen LogP contribution in [0, 0.1) is 0 Å². The Balaban J connectivity index is 2.01. The first kappa shape index (κ1) is 16.7. The Labute approximate surface area is 144 Å². The largest absolute Gasteiger partial charge is 0.497 e. The number of ether oxygens (including phenoxy) is 1. The first-order valence-electron chi connectivity index (χ1n) is 7.18. The molecule has 2 aromatic heterocycles. The van der Waals surface area contributed by atoms with Gasteiger partial charge in [0.1, 0.15) is 21.8 Å². The average molecular weight is 363 g/mol. The highest BCUT2D eigenvalue weighted by molar-refractivity contribution is 7.91. The molecule has 1 N–H and O–H groups in total. The molecule has 0 amide bonds. The summed E-state index contributed by atoms with van der Waals surface area (Å²) in [6.45, 7) is 0. The number of aryl methyl sites for hydroxylation is 1. The van der Waals surface area contributed by atoms with Crippen LogP contribution in [-0.2, 0) is 17.1 Å². The highest BCUT2D eigenvalue weighted by Gasteiger charge is 2.26. The lowest BCUT2D eigenvalue weighted by atomic mass is 10.1. The van der Waals surface area contributed by atoms with Crippen LogP contribution in [0.15, 0.2) is 58.4 Å². The molecule has 1 aromatic carbocycles. The van der Waals surface area contributed by atoms with Crippen LogP contribution in [-0.4, -0.2) is 25.1 Å². The molecule has 2 heterocycles. The summed E-state index contributed by atoms with van der Waals surface area (Å²) in [4.78, 5) is 4.31. The molecule has 3 rings (SSSR count). The summed E-state index contributed by atoms with van der Waals surface area (Å²) >= 11 is 1.18. The molecule has 6 nitrogen and oxygen atoms in total. The Hall–Kier alpha value is -2.16. The van der Waals surface area contributed by atoms with E-state index in [0.717, 1.165) is 5.56 Å². The number of nitrogens with zero attached hydrogens (tertiary/aromatic N) is 2. The molecule has 126 valence electrons. The topological polar surface area (TPSA) is 73.2 Å². The second-order valence-electron chi connectivity index (χ2n) is 5.16. The second-order valence-corrected chi connectivity index (χ2v) is 8.04. The minimum atomic E-state index is -3.64. The molecule has 0 aliphatic carbocycles. The van der Waals surface area contributed by atoms with Gasteiger partial charge >= 0.3 is 0 Å². The first-order chi connectivity index (χ1) is 11.5. The summed E-state index contributed by atoms with van der Waals surface area (Å²) < 4.78 is 35.3. The number of benzene rings is 1. The summed E-state index contributed by atoms with van der Waals surface area (Å²) in [6, 6.07) is 9.95. The number of imidazole rings is 1. The van der Waals surface area contributed by atoms with Crippen LogP contribution in [0.3, 0.4) is 0 Å². The van der Waals surface area contributed by atoms with Crippen LogP contribution >= 0.6 is 11.3 Å². The number of rotatable bonds is 6. The summed E-state index contributed by atoms with van der Waals surface area (Å²) in [6.07, 6.45) is 3.43. The zero-order valence-electron chi connectivity index (χ0n) is 13.2. The lowest BCUT2D eigenvalue weighted by Crippen LogP contribution is -2.30. The van der Waals surface area contributed by atoms with Crippen molar-refractivity contribution >= 4 is 21.4 Å². The standard InChI is InChI=1S/C16H17N3O3S2/c1-19-10-9-17-16(19)15(12-5-7-13(22-2)8-6-12)18-24(20,21)14-4-3-11-23-14/h3-11,15,18H,1-2H3/t15-/m0/s1. The smallest absolute Gasteiger partial charge is 0.251 e. The van der Waals surface area contributed by atoms with Crippen LogP contribution in [0.5, 0.6) is 5.75 Å². The maximum absolute atomic E-state index is 12.6. The van der Waals surface area contributed by atoms with Crippen molar-refractivity contribution in [2.45, 2.75) is 10.3 Å². The molecule has 8 heteroatoms. The highest BCUT2D eigenvalue weighted by atomic mass is 32.2. The molecule has 0 saturated carbocycles. The molecule has 3 aromatic rings. The summed E-state index contributed by atoms with van der Waals surface area (Å²) in [5, 5.41) is 1.73. The van der Waals surface area contributed by atoms with E-state index in [-0.39, 0.29) is 4.21 Å². The summed E-state index contributed by atoms with van der Waals surface area (Å²) in [5.41, 5.74) is 0.783. The quantitative estimate of drug-likeness (QED) is 0.730. The van der Waals surface area contributed by atoms with E-state index in [2.05, 4.69) is 9.71 Å². The molecule has 0 spiro atoms. The van der Waals surface area contributed by atoms with E-state index >= 15 is 0 Å². The van der Waals surface area contributed by atoms with E-state index in [1.807, 2.05) is 19.2 Å². The second kappa shape index (κ2) is 6.76. The van der Waals surface area contributed by atoms with Gasteiger partial charge in [0, 0.05) is 19.4 Å². The Kier molecular flexibility index (Phi) is 4.70. The first-order valence-corrected chi connectivity index (χ1v) is 9.54. The zero-order valence-corrected chi connectivity index (χ0v) is 14.8. The molecule has 1 atom stereocenters. The molecule has 0 fully saturated rings. The van der Waals surface area contributed by atoms with Gasteiger partial charge in [0.15, 0.2) is 0 Å². The minimum absolute atomic E-state index is 0.273. The SMILES string of the molecule is COc1ccc([C@H](NS(=O)(=O)c2cccs2)c2nccn2C)cc1. The van der Waals surface area contributed by atoms with Crippen molar-refractivity contribution in [1.29, 1.82) is 0 Å². The van der Waals surface area contributed by atoms with Gasteiger partial charge in [-0.15, -0.1) is 11.3 Å². The third-order valence-electron chi connectivity index (χ3n) is 3.60. The van der Waals surface area contributed by atoms with Gasteiger partial charge < -0.3 is 9.30 Å². The Morgan fingerprint density at radius 3 is 2.54 bits per heavy atom. The molecule has 0 radical (unpaired) electrons. The predicted octanol–water partition coefficient (Wildman–Crippen LogP) is 2.56. The van der Waals surface area contributed by atoms with E-state index < -0.39 is 16.1 Å². The van der Waals surface area contributed by atoms with Gasteiger partial charge in [-0.3, -0.25) is 0 Å². The zero-order chi connectivity index (χ0) is 17.2. The lowest BCUT2D eigenvalue weighted by Gasteiger charge is -2.19. The van der Waals surface area contributed by atoms with Gasteiger partial charge in [0.25, 0.3) is 10.0 Å². The number of thiophene rings is 1. The molecule has 0 unspecified atom stereocenters. The van der Waals surface area contributed by atoms with Crippen LogP contribution < -0.4 is 9.46 Å². The van der Waals surface area contributed by atoms with E-state index in [1.54, 1.807) is 53.7 Å². The van der Waals surface area contributed by atoms with E-state index in [1.165, 1.54) is 11.3 Å². The van der Waals surface area contributed by atoms with Crippen molar-refractivity contribution in [2.75, 3.05) is 7.11 Å². The number of aromatic nitrogens is 2. The van der Waals surface area contributed by atoms with Gasteiger partial charge in [-0.25, -0.2) is 13.4 Å². The van der Waals surface area contributed by atoms with Gasteiger partial charge in [-0.05, 0) is 29.1 Å². The Morgan fingerprint density at radius 1 is 1.25 bits per heavy atom. The third-order valence-corrected chi connectivity index (χ3v) is 6.42. The molecular formula is C16H17N3O3S2. The fraction of sp³-hybridized carbons (Fsp3) is 0.188. The molecular weight excluding hydrogens is 346 g/mol. The van der Waals surface area contributed by atoms with Crippen LogP contribution in [0.4, 0.5) is 0 Å². The number of hydrogen-bond donors (Lipinski definition) is 1. The van der Waals surface area contributed by atoms with Gasteiger partial charge in [-0.1, -0.05) is 18.2 Å². The Bertz CT molecular complexity index is 900. The average Bonchev–Trinajstić information content (AvgIpc) is 3.25. The van der Waals surface area contributed by atoms with Crippen molar-refractivity contribution in [1.82, 2.24) is 14.3 Å². The monoisotopic (exact) mass is 363 g/mol. The van der Waals surface area contributed by atoms with Crippen molar-refractivity contribution in [3.63, 3.8) is 0 Å². The summed E-state index contributed by atoms with van der Waals surface area (Å²) in [7, 11) is -0.219. The molecule has 0 saturated heterocycles. The third kappa shape index (κ3) is 3.35. The van der Waals surface area contributed by atoms with E-state index in [0.29, 0.717) is 11.6 Å². The molecule has 0 bridgehead atoms. The molecule has 0 aliphatic rings. The summed E-state index contributed by atoms with van der Waals surface area (Å²) in [5.74, 6) is 1.32. The van der Waals surface area contributed by atoms with E-state index in [9.17, 15) is 8.42 Å². The Morgan fingerprint density at radius 2 is 2.00 bits per heavy atom. The molecule has 24 heavy (non-hydrogen) atoms. The maximum atomic E-state index is 12.6. The fourth-order valence-electron chi connectivity index (χ4n) is 2.35. The van der Waals surface area contributed by atoms with Crippen molar-refractivity contribution in [3.8, 4) is 5.75 Å². The molecule has 0 aliphatic heterocycles. The van der Waals surface area contributed by atoms with E-state index in [4.69, 9.17) is 4.74 Å². The van der Waals surface area contributed by atoms with Gasteiger partial charge in [-0.2, -0.15) is 4.72 Å².